The molecule has 0 amide bonds. The third kappa shape index (κ3) is 1.70. The zero-order valence-electron chi connectivity index (χ0n) is 3.81. The Balaban J connectivity index is 3.50. The van der Waals surface area contributed by atoms with Gasteiger partial charge in [0.05, 0.1) is 0 Å². The fourth-order valence-electron chi connectivity index (χ4n) is 0.0527. The molecule has 6 heavy (non-hydrogen) atoms. The molecule has 0 aromatic carbocycles. The van der Waals surface area contributed by atoms with Gasteiger partial charge in [0.15, 0.2) is 0 Å². The lowest BCUT2D eigenvalue weighted by Crippen LogP contribution is -1.70. The van der Waals surface area contributed by atoms with Crippen molar-refractivity contribution in [2.24, 2.45) is 0 Å². The van der Waals surface area contributed by atoms with E-state index in [4.69, 9.17) is 4.79 Å². The van der Waals surface area contributed by atoms with Gasteiger partial charge < -0.3 is 0 Å². The van der Waals surface area contributed by atoms with Crippen molar-refractivity contribution in [1.82, 2.24) is 0 Å². The Morgan fingerprint density at radius 3 is 2.33 bits per heavy atom. The molecule has 1 N–H and O–H groups in total. The first-order chi connectivity index (χ1) is 2.81. The van der Waals surface area contributed by atoms with Gasteiger partial charge in [0.2, 0.25) is 0 Å². The molecule has 0 aliphatic rings. The van der Waals surface area contributed by atoms with E-state index >= 15 is 0 Å². The summed E-state index contributed by atoms with van der Waals surface area (Å²) >= 11 is 0. The molecule has 0 saturated heterocycles. The Hall–Kier alpha value is -0.590. The highest BCUT2D eigenvalue weighted by molar-refractivity contribution is 5.73. The van der Waals surface area contributed by atoms with Gasteiger partial charge in [-0.05, 0) is 13.8 Å². The molecule has 0 aliphatic carbocycles. The van der Waals surface area contributed by atoms with E-state index in [1.807, 2.05) is 0 Å². The fourth-order valence-corrected chi connectivity index (χ4v) is 0.0527. The molecule has 0 rings (SSSR count). The van der Waals surface area contributed by atoms with E-state index in [1.54, 1.807) is 13.0 Å². The van der Waals surface area contributed by atoms with Crippen LogP contribution in [0.4, 0.5) is 0 Å². The molecule has 0 bridgehead atoms. The predicted molar refractivity (Wildman–Crippen MR) is 27.1 cm³/mol. The maximum absolute atomic E-state index is 8.10. The fraction of sp³-hybridized carbons (Fsp3) is 0.200. The van der Waals surface area contributed by atoms with Crippen molar-refractivity contribution < 1.29 is 4.79 Å². The smallest absolute Gasteiger partial charge is 0.282 e. The Kier molecular flexibility index (Phi) is 2.38. The second-order valence-electron chi connectivity index (χ2n) is 1.08. The van der Waals surface area contributed by atoms with Gasteiger partial charge in [-0.15, -0.1) is 0 Å². The Morgan fingerprint density at radius 2 is 2.33 bits per heavy atom. The minimum Gasteiger partial charge on any atom is -0.282 e. The van der Waals surface area contributed by atoms with Crippen molar-refractivity contribution in [3.63, 3.8) is 0 Å². The SMILES string of the molecule is [CH2]/C=C(/C)C=[OH+]. The maximum Gasteiger partial charge on any atom is 0.307 e. The summed E-state index contributed by atoms with van der Waals surface area (Å²) < 4.78 is 0. The molecular formula is C5H8O+. The molecule has 0 atom stereocenters. The van der Waals surface area contributed by atoms with Gasteiger partial charge in [0.25, 0.3) is 0 Å². The second-order valence-corrected chi connectivity index (χ2v) is 1.08. The summed E-state index contributed by atoms with van der Waals surface area (Å²) in [4.78, 5) is 8.10. The highest BCUT2D eigenvalue weighted by atomic mass is 16.1. The predicted octanol–water partition coefficient (Wildman–Crippen LogP) is 0.941. The molecule has 0 fully saturated rings. The van der Waals surface area contributed by atoms with E-state index in [1.165, 1.54) is 0 Å². The standard InChI is InChI=1S/C5H7O/c1-3-5(2)4-6/h3-4H,1H2,2H3/p+1/b5-3-. The van der Waals surface area contributed by atoms with Crippen LogP contribution in [0.1, 0.15) is 6.92 Å². The van der Waals surface area contributed by atoms with Crippen molar-refractivity contribution in [1.29, 1.82) is 0 Å². The van der Waals surface area contributed by atoms with Crippen LogP contribution in [-0.2, 0) is 0 Å². The maximum atomic E-state index is 8.10. The number of hydrogen-bond donors (Lipinski definition) is 0. The van der Waals surface area contributed by atoms with Crippen molar-refractivity contribution in [3.8, 4) is 0 Å². The summed E-state index contributed by atoms with van der Waals surface area (Å²) in [6.45, 7) is 5.17. The Morgan fingerprint density at radius 1 is 1.83 bits per heavy atom. The number of hydrogen-bond acceptors (Lipinski definition) is 0. The van der Waals surface area contributed by atoms with Crippen LogP contribution >= 0.6 is 0 Å². The van der Waals surface area contributed by atoms with E-state index < -0.39 is 0 Å². The molecule has 1 nitrogen and oxygen atoms in total. The first-order valence-electron chi connectivity index (χ1n) is 1.74. The van der Waals surface area contributed by atoms with Gasteiger partial charge in [-0.3, -0.25) is 4.79 Å². The zero-order chi connectivity index (χ0) is 4.99. The number of aldehydes is 1. The molecule has 33 valence electrons. The molecule has 0 unspecified atom stereocenters. The first kappa shape index (κ1) is 5.41. The van der Waals surface area contributed by atoms with Gasteiger partial charge in [-0.2, -0.15) is 0 Å². The largest absolute Gasteiger partial charge is 0.307 e. The van der Waals surface area contributed by atoms with E-state index in [0.717, 1.165) is 11.9 Å². The summed E-state index contributed by atoms with van der Waals surface area (Å²) in [6, 6.07) is 0. The molecule has 0 aliphatic heterocycles. The molecule has 0 aromatic heterocycles. The van der Waals surface area contributed by atoms with Crippen molar-refractivity contribution >= 4 is 6.29 Å². The van der Waals surface area contributed by atoms with Gasteiger partial charge in [-0.1, -0.05) is 6.08 Å². The highest BCUT2D eigenvalue weighted by Gasteiger charge is 1.79. The number of carbonyl (C=O) groups excluding carboxylic acids is 1. The third-order valence-corrected chi connectivity index (χ3v) is 0.526. The lowest BCUT2D eigenvalue weighted by atomic mass is 10.3. The minimum absolute atomic E-state index is 0.787. The average molecular weight is 84.1 g/mol. The van der Waals surface area contributed by atoms with Crippen LogP contribution in [0.5, 0.6) is 0 Å². The highest BCUT2D eigenvalue weighted by Crippen LogP contribution is 1.79. The van der Waals surface area contributed by atoms with Crippen LogP contribution in [0, 0.1) is 6.92 Å². The van der Waals surface area contributed by atoms with Crippen molar-refractivity contribution in [2.75, 3.05) is 0 Å². The summed E-state index contributed by atoms with van der Waals surface area (Å²) in [5, 5.41) is 0. The summed E-state index contributed by atoms with van der Waals surface area (Å²) in [7, 11) is 0. The summed E-state index contributed by atoms with van der Waals surface area (Å²) in [5.74, 6) is 0. The first-order valence-corrected chi connectivity index (χ1v) is 1.74. The van der Waals surface area contributed by atoms with Crippen LogP contribution < -0.4 is 0 Å². The quantitative estimate of drug-likeness (QED) is 0.256. The molecule has 0 aromatic rings. The minimum atomic E-state index is 0.787. The molecule has 0 heterocycles. The molecule has 1 heteroatoms. The third-order valence-electron chi connectivity index (χ3n) is 0.526. The number of allylic oxidation sites excluding steroid dienone is 2. The number of rotatable bonds is 1. The lowest BCUT2D eigenvalue weighted by molar-refractivity contribution is 0.693. The monoisotopic (exact) mass is 84.1 g/mol. The van der Waals surface area contributed by atoms with E-state index in [9.17, 15) is 0 Å². The van der Waals surface area contributed by atoms with Gasteiger partial charge in [0, 0.05) is 5.57 Å². The van der Waals surface area contributed by atoms with Crippen LogP contribution in [0.25, 0.3) is 0 Å². The summed E-state index contributed by atoms with van der Waals surface area (Å²) in [6.07, 6.45) is 2.60. The van der Waals surface area contributed by atoms with Gasteiger partial charge in [-0.25, -0.2) is 0 Å². The van der Waals surface area contributed by atoms with Crippen molar-refractivity contribution in [2.45, 2.75) is 6.92 Å². The normalized spacial score (nSPS) is 11.3. The van der Waals surface area contributed by atoms with Crippen molar-refractivity contribution in [3.05, 3.63) is 18.6 Å². The van der Waals surface area contributed by atoms with Gasteiger partial charge >= 0.3 is 6.29 Å². The molecule has 0 saturated carbocycles. The topological polar surface area (TPSA) is 21.4 Å². The second kappa shape index (κ2) is 2.64. The molecule has 0 spiro atoms. The molecule has 1 radical (unpaired) electrons. The van der Waals surface area contributed by atoms with E-state index in [-0.39, 0.29) is 0 Å². The van der Waals surface area contributed by atoms with Crippen LogP contribution in [0.2, 0.25) is 0 Å². The average Bonchev–Trinajstić information content (AvgIpc) is 1.65. The Bertz CT molecular complexity index is 72.0. The molecular weight excluding hydrogens is 76.1 g/mol. The Labute approximate surface area is 37.7 Å². The van der Waals surface area contributed by atoms with Crippen LogP contribution in [-0.4, -0.2) is 11.1 Å². The van der Waals surface area contributed by atoms with Gasteiger partial charge in [0.1, 0.15) is 0 Å². The lowest BCUT2D eigenvalue weighted by Gasteiger charge is -1.68. The zero-order valence-corrected chi connectivity index (χ0v) is 3.81. The summed E-state index contributed by atoms with van der Waals surface area (Å²) in [5.41, 5.74) is 0.787. The van der Waals surface area contributed by atoms with Crippen LogP contribution in [0.15, 0.2) is 11.6 Å². The van der Waals surface area contributed by atoms with Crippen LogP contribution in [0.3, 0.4) is 0 Å². The van der Waals surface area contributed by atoms with E-state index in [0.29, 0.717) is 0 Å². The van der Waals surface area contributed by atoms with E-state index in [2.05, 4.69) is 6.92 Å².